The molecule has 8 nitrogen and oxygen atoms in total. The van der Waals surface area contributed by atoms with Crippen LogP contribution in [0.4, 0.5) is 0 Å². The van der Waals surface area contributed by atoms with Gasteiger partial charge >= 0.3 is 11.9 Å². The highest BCUT2D eigenvalue weighted by atomic mass is 16.7. The van der Waals surface area contributed by atoms with Gasteiger partial charge in [0.05, 0.1) is 6.10 Å². The van der Waals surface area contributed by atoms with E-state index in [9.17, 15) is 14.4 Å². The summed E-state index contributed by atoms with van der Waals surface area (Å²) in [4.78, 5) is 32.6. The van der Waals surface area contributed by atoms with Gasteiger partial charge in [-0.15, -0.1) is 0 Å². The summed E-state index contributed by atoms with van der Waals surface area (Å²) >= 11 is 0. The van der Waals surface area contributed by atoms with Crippen LogP contribution in [0.15, 0.2) is 0 Å². The number of aliphatic hydroxyl groups is 1. The van der Waals surface area contributed by atoms with E-state index in [2.05, 4.69) is 0 Å². The zero-order valence-corrected chi connectivity index (χ0v) is 22.3. The van der Waals surface area contributed by atoms with Crippen molar-refractivity contribution in [1.29, 1.82) is 0 Å². The third kappa shape index (κ3) is 21.5. The van der Waals surface area contributed by atoms with E-state index in [1.165, 1.54) is 78.1 Å². The summed E-state index contributed by atoms with van der Waals surface area (Å²) in [6.45, 7) is 3.52. The Balaban J connectivity index is 0.00000562. The Morgan fingerprint density at radius 2 is 1.31 bits per heavy atom. The Labute approximate surface area is 212 Å². The topological polar surface area (TPSA) is 108 Å². The van der Waals surface area contributed by atoms with Crippen molar-refractivity contribution in [1.82, 2.24) is 0 Å². The fraction of sp³-hybridized carbons (Fsp3) is 0.889. The predicted octanol–water partition coefficient (Wildman–Crippen LogP) is 5.27. The Morgan fingerprint density at radius 3 is 1.80 bits per heavy atom. The van der Waals surface area contributed by atoms with Crippen molar-refractivity contribution in [3.8, 4) is 0 Å². The number of rotatable bonds is 20. The van der Waals surface area contributed by atoms with Crippen molar-refractivity contribution < 1.29 is 38.4 Å². The Bertz CT molecular complexity index is 525. The van der Waals surface area contributed by atoms with Gasteiger partial charge in [0.25, 0.3) is 0 Å². The summed E-state index contributed by atoms with van der Waals surface area (Å²) in [5.41, 5.74) is 0. The molecule has 0 spiro atoms. The van der Waals surface area contributed by atoms with Gasteiger partial charge in [-0.25, -0.2) is 0 Å². The zero-order valence-electron chi connectivity index (χ0n) is 22.3. The van der Waals surface area contributed by atoms with Gasteiger partial charge in [0.15, 0.2) is 6.29 Å². The molecule has 35 heavy (non-hydrogen) atoms. The van der Waals surface area contributed by atoms with Crippen molar-refractivity contribution >= 4 is 18.2 Å². The molecule has 0 bridgehead atoms. The van der Waals surface area contributed by atoms with Gasteiger partial charge in [-0.05, 0) is 12.8 Å². The Kier molecular flexibility index (Phi) is 23.2. The number of esters is 2. The van der Waals surface area contributed by atoms with Gasteiger partial charge < -0.3 is 28.8 Å². The van der Waals surface area contributed by atoms with Gasteiger partial charge in [0.1, 0.15) is 19.0 Å². The van der Waals surface area contributed by atoms with Crippen LogP contribution in [0.5, 0.6) is 0 Å². The summed E-state index contributed by atoms with van der Waals surface area (Å²) < 4.78 is 22.1. The standard InChI is InChI=1S/C26H46O7.CH4O/c1-22(28)31-21-25-19-24(32-23(2)29)20-26(33-25)30-18-16-14-12-10-8-6-4-3-5-7-9-11-13-15-17-27;1-2/h17,24-26H,3-16,18-21H2,1-2H3;2H,1H3. The number of ether oxygens (including phenoxy) is 4. The SMILES string of the molecule is CC(=O)OCC1CC(OC(C)=O)CC(OCCCCCCCCCCCCCCCC=O)O1.CO. The number of aldehydes is 1. The Hall–Kier alpha value is -1.51. The van der Waals surface area contributed by atoms with Crippen molar-refractivity contribution in [2.75, 3.05) is 20.3 Å². The average molecular weight is 503 g/mol. The highest BCUT2D eigenvalue weighted by Crippen LogP contribution is 2.24. The van der Waals surface area contributed by atoms with E-state index in [0.29, 0.717) is 19.4 Å². The molecule has 8 heteroatoms. The third-order valence-electron chi connectivity index (χ3n) is 5.90. The lowest BCUT2D eigenvalue weighted by atomic mass is 10.0. The molecule has 0 aliphatic carbocycles. The lowest BCUT2D eigenvalue weighted by Crippen LogP contribution is -2.41. The lowest BCUT2D eigenvalue weighted by molar-refractivity contribution is -0.229. The van der Waals surface area contributed by atoms with E-state index in [1.54, 1.807) is 0 Å². The van der Waals surface area contributed by atoms with Crippen molar-refractivity contribution in [2.24, 2.45) is 0 Å². The van der Waals surface area contributed by atoms with Gasteiger partial charge in [0.2, 0.25) is 0 Å². The van der Waals surface area contributed by atoms with E-state index >= 15 is 0 Å². The second-order valence-corrected chi connectivity index (χ2v) is 9.12. The number of carbonyl (C=O) groups excluding carboxylic acids is 3. The highest BCUT2D eigenvalue weighted by molar-refractivity contribution is 5.66. The first-order valence-corrected chi connectivity index (χ1v) is 13.5. The van der Waals surface area contributed by atoms with Crippen LogP contribution in [0.3, 0.4) is 0 Å². The molecule has 0 radical (unpaired) electrons. The summed E-state index contributed by atoms with van der Waals surface area (Å²) in [5.74, 6) is -0.675. The largest absolute Gasteiger partial charge is 0.463 e. The number of hydrogen-bond donors (Lipinski definition) is 1. The molecule has 0 amide bonds. The summed E-state index contributed by atoms with van der Waals surface area (Å²) in [6.07, 6.45) is 17.7. The van der Waals surface area contributed by atoms with Gasteiger partial charge in [0, 0.05) is 46.8 Å². The molecule has 206 valence electrons. The molecule has 1 rings (SSSR count). The van der Waals surface area contributed by atoms with Crippen LogP contribution in [0.2, 0.25) is 0 Å². The first-order chi connectivity index (χ1) is 17.0. The highest BCUT2D eigenvalue weighted by Gasteiger charge is 2.32. The lowest BCUT2D eigenvalue weighted by Gasteiger charge is -2.34. The molecule has 0 saturated carbocycles. The number of carbonyl (C=O) groups is 3. The van der Waals surface area contributed by atoms with Gasteiger partial charge in [-0.1, -0.05) is 70.6 Å². The minimum absolute atomic E-state index is 0.147. The Morgan fingerprint density at radius 1 is 0.800 bits per heavy atom. The van der Waals surface area contributed by atoms with E-state index < -0.39 is 6.29 Å². The smallest absolute Gasteiger partial charge is 0.302 e. The minimum Gasteiger partial charge on any atom is -0.463 e. The molecule has 1 heterocycles. The quantitative estimate of drug-likeness (QED) is 0.136. The fourth-order valence-electron chi connectivity index (χ4n) is 4.17. The maximum Gasteiger partial charge on any atom is 0.302 e. The maximum atomic E-state index is 11.3. The van der Waals surface area contributed by atoms with Crippen molar-refractivity contribution in [3.05, 3.63) is 0 Å². The molecule has 3 atom stereocenters. The summed E-state index contributed by atoms with van der Waals surface area (Å²) in [6, 6.07) is 0. The van der Waals surface area contributed by atoms with Crippen LogP contribution in [0, 0.1) is 0 Å². The van der Waals surface area contributed by atoms with Crippen molar-refractivity contribution in [3.63, 3.8) is 0 Å². The van der Waals surface area contributed by atoms with Crippen LogP contribution < -0.4 is 0 Å². The average Bonchev–Trinajstić information content (AvgIpc) is 2.83. The second kappa shape index (κ2) is 24.2. The zero-order chi connectivity index (χ0) is 26.2. The molecule has 3 unspecified atom stereocenters. The maximum absolute atomic E-state index is 11.3. The number of unbranched alkanes of at least 4 members (excludes halogenated alkanes) is 13. The van der Waals surface area contributed by atoms with Gasteiger partial charge in [-0.2, -0.15) is 0 Å². The van der Waals surface area contributed by atoms with Crippen LogP contribution in [0.1, 0.15) is 117 Å². The van der Waals surface area contributed by atoms with Crippen LogP contribution in [-0.4, -0.2) is 62.2 Å². The molecule has 1 aliphatic rings. The molecular weight excluding hydrogens is 452 g/mol. The fourth-order valence-corrected chi connectivity index (χ4v) is 4.17. The molecule has 0 aromatic rings. The van der Waals surface area contributed by atoms with Gasteiger partial charge in [-0.3, -0.25) is 9.59 Å². The van der Waals surface area contributed by atoms with E-state index in [0.717, 1.165) is 39.1 Å². The van der Waals surface area contributed by atoms with E-state index in [1.807, 2.05) is 0 Å². The predicted molar refractivity (Wildman–Crippen MR) is 135 cm³/mol. The number of aliphatic hydroxyl groups excluding tert-OH is 1. The summed E-state index contributed by atoms with van der Waals surface area (Å²) in [7, 11) is 1.00. The van der Waals surface area contributed by atoms with E-state index in [-0.39, 0.29) is 30.8 Å². The molecule has 1 aliphatic heterocycles. The first kappa shape index (κ1) is 33.5. The third-order valence-corrected chi connectivity index (χ3v) is 5.90. The molecule has 1 saturated heterocycles. The van der Waals surface area contributed by atoms with Crippen LogP contribution in [0.25, 0.3) is 0 Å². The second-order valence-electron chi connectivity index (χ2n) is 9.12. The minimum atomic E-state index is -0.436. The van der Waals surface area contributed by atoms with Crippen molar-refractivity contribution in [2.45, 2.75) is 135 Å². The van der Waals surface area contributed by atoms with E-state index in [4.69, 9.17) is 24.1 Å². The molecule has 0 aromatic heterocycles. The molecule has 0 aromatic carbocycles. The molecule has 1 N–H and O–H groups in total. The first-order valence-electron chi connectivity index (χ1n) is 13.5. The summed E-state index contributed by atoms with van der Waals surface area (Å²) in [5, 5.41) is 7.00. The monoisotopic (exact) mass is 502 g/mol. The molecular formula is C27H50O8. The number of hydrogen-bond acceptors (Lipinski definition) is 8. The normalized spacial score (nSPS) is 19.4. The van der Waals surface area contributed by atoms with Crippen LogP contribution in [-0.2, 0) is 33.3 Å². The molecule has 1 fully saturated rings. The van der Waals surface area contributed by atoms with Crippen LogP contribution >= 0.6 is 0 Å².